The molecule has 6 nitrogen and oxygen atoms in total. The Labute approximate surface area is 183 Å². The van der Waals surface area contributed by atoms with Gasteiger partial charge >= 0.3 is 0 Å². The minimum Gasteiger partial charge on any atom is -0.502 e. The molecule has 5 rings (SSSR count). The zero-order valence-electron chi connectivity index (χ0n) is 17.8. The normalized spacial score (nSPS) is 27.0. The third kappa shape index (κ3) is 3.00. The summed E-state index contributed by atoms with van der Waals surface area (Å²) in [6.45, 7) is 2.03. The molecule has 3 aliphatic rings. The number of aryl methyl sites for hydroxylation is 1. The first-order valence-corrected chi connectivity index (χ1v) is 10.7. The molecule has 0 fully saturated rings. The van der Waals surface area contributed by atoms with Crippen molar-refractivity contribution in [3.63, 3.8) is 0 Å². The van der Waals surface area contributed by atoms with Crippen LogP contribution >= 0.6 is 0 Å². The number of amides is 1. The zero-order valence-corrected chi connectivity index (χ0v) is 17.8. The second-order valence-electron chi connectivity index (χ2n) is 8.83. The summed E-state index contributed by atoms with van der Waals surface area (Å²) in [6, 6.07) is 4.03. The predicted octanol–water partition coefficient (Wildman–Crippen LogP) is 3.29. The van der Waals surface area contributed by atoms with Crippen LogP contribution in [0, 0.1) is 11.7 Å². The van der Waals surface area contributed by atoms with Crippen molar-refractivity contribution < 1.29 is 18.7 Å². The number of hydrogen-bond donors (Lipinski definition) is 1. The van der Waals surface area contributed by atoms with Crippen LogP contribution < -0.4 is 5.43 Å². The first kappa shape index (κ1) is 20.6. The molecule has 0 spiro atoms. The molecule has 8 heteroatoms. The smallest absolute Gasteiger partial charge is 0.275 e. The summed E-state index contributed by atoms with van der Waals surface area (Å²) in [5.74, 6) is -2.38. The number of halogens is 2. The number of rotatable bonds is 1. The third-order valence-electron chi connectivity index (χ3n) is 6.88. The van der Waals surface area contributed by atoms with Gasteiger partial charge in [0.05, 0.1) is 12.2 Å². The highest BCUT2D eigenvalue weighted by Crippen LogP contribution is 2.47. The molecule has 1 aromatic heterocycles. The van der Waals surface area contributed by atoms with Gasteiger partial charge in [0, 0.05) is 25.4 Å². The molecule has 1 aromatic carbocycles. The number of alkyl halides is 1. The van der Waals surface area contributed by atoms with Gasteiger partial charge in [0.2, 0.25) is 5.43 Å². The molecule has 1 aliphatic heterocycles. The maximum atomic E-state index is 15.3. The molecule has 4 atom stereocenters. The molecule has 32 heavy (non-hydrogen) atoms. The van der Waals surface area contributed by atoms with Crippen molar-refractivity contribution in [2.75, 3.05) is 13.6 Å². The molecule has 1 N–H and O–H groups in total. The maximum Gasteiger partial charge on any atom is 0.275 e. The summed E-state index contributed by atoms with van der Waals surface area (Å²) < 4.78 is 31.1. The summed E-state index contributed by atoms with van der Waals surface area (Å²) in [6.07, 6.45) is 4.62. The molecule has 2 aromatic rings. The molecule has 1 amide bonds. The van der Waals surface area contributed by atoms with Gasteiger partial charge in [0.15, 0.2) is 11.4 Å². The maximum absolute atomic E-state index is 15.3. The van der Waals surface area contributed by atoms with Crippen LogP contribution in [-0.4, -0.2) is 45.5 Å². The van der Waals surface area contributed by atoms with E-state index in [1.54, 1.807) is 13.1 Å². The van der Waals surface area contributed by atoms with E-state index in [2.05, 4.69) is 5.10 Å². The quantitative estimate of drug-likeness (QED) is 0.740. The molecule has 0 bridgehead atoms. The minimum atomic E-state index is -1.16. The molecule has 4 unspecified atom stereocenters. The number of fused-ring (bicyclic) bond motifs is 2. The van der Waals surface area contributed by atoms with Crippen LogP contribution in [0.1, 0.15) is 46.9 Å². The summed E-state index contributed by atoms with van der Waals surface area (Å²) in [4.78, 5) is 26.2. The van der Waals surface area contributed by atoms with Crippen LogP contribution in [0.25, 0.3) is 0 Å². The largest absolute Gasteiger partial charge is 0.502 e. The number of hydrogen-bond acceptors (Lipinski definition) is 4. The fourth-order valence-corrected chi connectivity index (χ4v) is 5.23. The Morgan fingerprint density at radius 3 is 2.78 bits per heavy atom. The molecule has 0 saturated carbocycles. The van der Waals surface area contributed by atoms with Gasteiger partial charge in [-0.2, -0.15) is 5.10 Å². The number of carbonyl (C=O) groups excluding carboxylic acids is 1. The number of aromatic nitrogens is 2. The zero-order chi connectivity index (χ0) is 22.7. The summed E-state index contributed by atoms with van der Waals surface area (Å²) in [5.41, 5.74) is 2.09. The highest BCUT2D eigenvalue weighted by Gasteiger charge is 2.42. The van der Waals surface area contributed by atoms with Crippen LogP contribution in [0.2, 0.25) is 0 Å². The Morgan fingerprint density at radius 1 is 1.22 bits per heavy atom. The van der Waals surface area contributed by atoms with Crippen LogP contribution in [0.15, 0.2) is 52.5 Å². The Kier molecular flexibility index (Phi) is 4.76. The van der Waals surface area contributed by atoms with E-state index in [1.165, 1.54) is 21.7 Å². The standard InChI is InChI=1S/C24H23F2N3O3/c1-12-3-7-15-16(21(12)26)8-5-13-4-6-14(25)9-17(13)20(15)18-11-28(2)24(32)22-23(31)19(30)10-27-29(18)22/h3-4,6-7,9-10,12,18,20-21,31H,5,8,11H2,1-2H3. The van der Waals surface area contributed by atoms with E-state index >= 15 is 4.39 Å². The van der Waals surface area contributed by atoms with E-state index < -0.39 is 41.0 Å². The van der Waals surface area contributed by atoms with Crippen molar-refractivity contribution in [1.29, 1.82) is 0 Å². The van der Waals surface area contributed by atoms with Gasteiger partial charge in [-0.25, -0.2) is 8.78 Å². The monoisotopic (exact) mass is 439 g/mol. The Morgan fingerprint density at radius 2 is 2.00 bits per heavy atom. The SMILES string of the molecule is CC1C=CC2=C(CCc3ccc(F)cc3C2C2CN(C)C(=O)c3c(O)c(=O)cnn32)C1F. The van der Waals surface area contributed by atoms with Crippen LogP contribution in [0.3, 0.4) is 0 Å². The second kappa shape index (κ2) is 7.39. The van der Waals surface area contributed by atoms with Crippen LogP contribution in [-0.2, 0) is 6.42 Å². The van der Waals surface area contributed by atoms with Gasteiger partial charge in [-0.3, -0.25) is 14.3 Å². The summed E-state index contributed by atoms with van der Waals surface area (Å²) in [5, 5.41) is 14.6. The number of benzene rings is 1. The lowest BCUT2D eigenvalue weighted by atomic mass is 9.77. The third-order valence-corrected chi connectivity index (χ3v) is 6.88. The molecule has 0 saturated heterocycles. The lowest BCUT2D eigenvalue weighted by Gasteiger charge is -2.39. The number of likely N-dealkylation sites (N-methyl/N-ethyl adjacent to an activating group) is 1. The molecular weight excluding hydrogens is 416 g/mol. The number of carbonyl (C=O) groups is 1. The Hall–Kier alpha value is -3.29. The van der Waals surface area contributed by atoms with Crippen molar-refractivity contribution in [3.8, 4) is 5.75 Å². The number of aromatic hydroxyl groups is 1. The predicted molar refractivity (Wildman–Crippen MR) is 114 cm³/mol. The number of nitrogens with zero attached hydrogens (tertiary/aromatic N) is 3. The van der Waals surface area contributed by atoms with E-state index in [0.717, 1.165) is 17.3 Å². The fourth-order valence-electron chi connectivity index (χ4n) is 5.23. The van der Waals surface area contributed by atoms with Gasteiger partial charge in [-0.15, -0.1) is 0 Å². The molecule has 2 heterocycles. The second-order valence-corrected chi connectivity index (χ2v) is 8.83. The molecule has 2 aliphatic carbocycles. The van der Waals surface area contributed by atoms with Gasteiger partial charge in [-0.05, 0) is 47.2 Å². The summed E-state index contributed by atoms with van der Waals surface area (Å²) >= 11 is 0. The van der Waals surface area contributed by atoms with Gasteiger partial charge in [-0.1, -0.05) is 25.1 Å². The highest BCUT2D eigenvalue weighted by atomic mass is 19.1. The van der Waals surface area contributed by atoms with E-state index in [9.17, 15) is 19.1 Å². The van der Waals surface area contributed by atoms with Crippen molar-refractivity contribution in [2.45, 2.75) is 37.9 Å². The van der Waals surface area contributed by atoms with Crippen molar-refractivity contribution in [1.82, 2.24) is 14.7 Å². The first-order valence-electron chi connectivity index (χ1n) is 10.7. The van der Waals surface area contributed by atoms with Crippen molar-refractivity contribution in [2.24, 2.45) is 5.92 Å². The average molecular weight is 439 g/mol. The molecule has 0 radical (unpaired) electrons. The fraction of sp³-hybridized carbons (Fsp3) is 0.375. The first-order chi connectivity index (χ1) is 15.3. The molecular formula is C24H23F2N3O3. The average Bonchev–Trinajstić information content (AvgIpc) is 2.92. The number of allylic oxidation sites excluding steroid dienone is 4. The lowest BCUT2D eigenvalue weighted by molar-refractivity contribution is 0.0685. The minimum absolute atomic E-state index is 0.203. The topological polar surface area (TPSA) is 75.4 Å². The lowest BCUT2D eigenvalue weighted by Crippen LogP contribution is -2.45. The highest BCUT2D eigenvalue weighted by molar-refractivity contribution is 5.95. The van der Waals surface area contributed by atoms with Crippen LogP contribution in [0.5, 0.6) is 5.75 Å². The van der Waals surface area contributed by atoms with Crippen molar-refractivity contribution >= 4 is 5.91 Å². The van der Waals surface area contributed by atoms with E-state index in [0.29, 0.717) is 24.0 Å². The van der Waals surface area contributed by atoms with Crippen LogP contribution in [0.4, 0.5) is 8.78 Å². The van der Waals surface area contributed by atoms with E-state index in [4.69, 9.17) is 0 Å². The van der Waals surface area contributed by atoms with E-state index in [1.807, 2.05) is 19.1 Å². The van der Waals surface area contributed by atoms with Crippen molar-refractivity contribution in [3.05, 3.63) is 80.6 Å². The van der Waals surface area contributed by atoms with Gasteiger partial charge in [0.25, 0.3) is 5.91 Å². The van der Waals surface area contributed by atoms with E-state index in [-0.39, 0.29) is 18.2 Å². The Balaban J connectivity index is 1.79. The Bertz CT molecular complexity index is 1250. The summed E-state index contributed by atoms with van der Waals surface area (Å²) in [7, 11) is 1.57. The van der Waals surface area contributed by atoms with Gasteiger partial charge < -0.3 is 10.0 Å². The van der Waals surface area contributed by atoms with Gasteiger partial charge in [0.1, 0.15) is 12.0 Å². The molecule has 166 valence electrons.